The Balaban J connectivity index is 1.08. The molecule has 0 spiro atoms. The molecule has 1 saturated carbocycles. The molecule has 0 saturated heterocycles. The van der Waals surface area contributed by atoms with E-state index in [1.165, 1.54) is 0 Å². The Morgan fingerprint density at radius 2 is 1.23 bits per heavy atom. The number of carbonyl (C=O) groups is 2. The van der Waals surface area contributed by atoms with Crippen molar-refractivity contribution in [2.75, 3.05) is 6.26 Å². The normalized spacial score (nSPS) is 15.6. The summed E-state index contributed by atoms with van der Waals surface area (Å²) in [6.07, 6.45) is 5.53. The van der Waals surface area contributed by atoms with E-state index in [1.54, 1.807) is 36.0 Å². The van der Waals surface area contributed by atoms with Crippen molar-refractivity contribution in [3.05, 3.63) is 132 Å². The number of para-hydroxylation sites is 2. The van der Waals surface area contributed by atoms with Gasteiger partial charge in [-0.25, -0.2) is 9.37 Å². The Labute approximate surface area is 282 Å². The Kier molecular flexibility index (Phi) is 10.5. The van der Waals surface area contributed by atoms with Crippen LogP contribution in [0, 0.1) is 5.82 Å². The van der Waals surface area contributed by atoms with Gasteiger partial charge in [0, 0.05) is 28.6 Å². The minimum absolute atomic E-state index is 0.0195. The van der Waals surface area contributed by atoms with Gasteiger partial charge < -0.3 is 24.8 Å². The predicted octanol–water partition coefficient (Wildman–Crippen LogP) is 8.79. The summed E-state index contributed by atoms with van der Waals surface area (Å²) in [5.41, 5.74) is 0.421. The summed E-state index contributed by atoms with van der Waals surface area (Å²) in [6.45, 7) is 0. The summed E-state index contributed by atoms with van der Waals surface area (Å²) in [4.78, 5) is 31.8. The van der Waals surface area contributed by atoms with Gasteiger partial charge in [0.2, 0.25) is 5.88 Å². The molecule has 5 aromatic rings. The molecular formula is C38H34FN3O5S. The zero-order chi connectivity index (χ0) is 33.3. The first-order valence-electron chi connectivity index (χ1n) is 15.6. The first-order valence-corrected chi connectivity index (χ1v) is 16.8. The van der Waals surface area contributed by atoms with E-state index in [0.29, 0.717) is 60.0 Å². The van der Waals surface area contributed by atoms with Crippen LogP contribution in [0.5, 0.6) is 34.6 Å². The average molecular weight is 664 g/mol. The Morgan fingerprint density at radius 3 is 1.81 bits per heavy atom. The maximum Gasteiger partial charge on any atom is 0.257 e. The van der Waals surface area contributed by atoms with Crippen LogP contribution < -0.4 is 24.8 Å². The number of pyridine rings is 1. The highest BCUT2D eigenvalue weighted by molar-refractivity contribution is 7.98. The number of benzene rings is 4. The fourth-order valence-electron chi connectivity index (χ4n) is 5.43. The maximum atomic E-state index is 14.2. The molecule has 0 unspecified atom stereocenters. The number of hydrogen-bond donors (Lipinski definition) is 2. The second-order valence-electron chi connectivity index (χ2n) is 11.3. The first kappa shape index (κ1) is 32.6. The highest BCUT2D eigenvalue weighted by Crippen LogP contribution is 2.31. The SMILES string of the molecule is CSc1cccc(Oc2ncc(F)cc2C(=O)NC2CCC(NC(=O)c3cc(Oc4ccccc4)cc(Oc4ccccc4)c3)CC2)c1. The standard InChI is InChI=1S/C38H34FN3O5S/c1-48-34-14-8-13-31(23-34)47-38-35(21-26(39)24-40-38)37(44)42-28-17-15-27(16-18-28)41-36(43)25-19-32(45-29-9-4-2-5-10-29)22-33(20-25)46-30-11-6-3-7-12-30/h2-14,19-24,27-28H,15-18H2,1H3,(H,41,43)(H,42,44). The third kappa shape index (κ3) is 8.71. The number of nitrogens with zero attached hydrogens (tertiary/aromatic N) is 1. The largest absolute Gasteiger partial charge is 0.457 e. The van der Waals surface area contributed by atoms with Crippen molar-refractivity contribution in [2.24, 2.45) is 0 Å². The highest BCUT2D eigenvalue weighted by atomic mass is 32.2. The molecule has 2 N–H and O–H groups in total. The number of aromatic nitrogens is 1. The molecule has 0 radical (unpaired) electrons. The molecule has 1 aliphatic carbocycles. The van der Waals surface area contributed by atoms with Crippen molar-refractivity contribution in [3.63, 3.8) is 0 Å². The van der Waals surface area contributed by atoms with E-state index in [1.807, 2.05) is 85.1 Å². The number of carbonyl (C=O) groups excluding carboxylic acids is 2. The molecule has 2 amide bonds. The van der Waals surface area contributed by atoms with E-state index in [-0.39, 0.29) is 29.4 Å². The van der Waals surface area contributed by atoms with E-state index < -0.39 is 11.7 Å². The van der Waals surface area contributed by atoms with Crippen LogP contribution in [0.4, 0.5) is 4.39 Å². The lowest BCUT2D eigenvalue weighted by Crippen LogP contribution is -2.43. The highest BCUT2D eigenvalue weighted by Gasteiger charge is 2.26. The zero-order valence-electron chi connectivity index (χ0n) is 26.2. The second kappa shape index (κ2) is 15.5. The summed E-state index contributed by atoms with van der Waals surface area (Å²) in [5, 5.41) is 6.13. The molecule has 0 atom stereocenters. The van der Waals surface area contributed by atoms with Crippen LogP contribution in [0.1, 0.15) is 46.4 Å². The lowest BCUT2D eigenvalue weighted by molar-refractivity contribution is 0.0890. The van der Waals surface area contributed by atoms with E-state index in [0.717, 1.165) is 17.2 Å². The number of hydrogen-bond acceptors (Lipinski definition) is 7. The Morgan fingerprint density at radius 1 is 0.667 bits per heavy atom. The summed E-state index contributed by atoms with van der Waals surface area (Å²) >= 11 is 1.56. The molecule has 6 rings (SSSR count). The maximum absolute atomic E-state index is 14.2. The molecule has 0 bridgehead atoms. The molecule has 1 aliphatic rings. The minimum Gasteiger partial charge on any atom is -0.457 e. The number of halogens is 1. The van der Waals surface area contributed by atoms with Crippen LogP contribution in [0.15, 0.2) is 120 Å². The fourth-order valence-corrected chi connectivity index (χ4v) is 5.88. The van der Waals surface area contributed by atoms with Crippen LogP contribution in [0.25, 0.3) is 0 Å². The Bertz CT molecular complexity index is 1810. The summed E-state index contributed by atoms with van der Waals surface area (Å²) in [7, 11) is 0. The number of ether oxygens (including phenoxy) is 3. The van der Waals surface area contributed by atoms with Gasteiger partial charge in [-0.2, -0.15) is 0 Å². The van der Waals surface area contributed by atoms with Gasteiger partial charge in [0.25, 0.3) is 11.8 Å². The van der Waals surface area contributed by atoms with Crippen molar-refractivity contribution in [1.82, 2.24) is 15.6 Å². The Hall–Kier alpha value is -5.35. The first-order chi connectivity index (χ1) is 23.4. The number of thioether (sulfide) groups is 1. The lowest BCUT2D eigenvalue weighted by Gasteiger charge is -2.30. The van der Waals surface area contributed by atoms with E-state index >= 15 is 0 Å². The monoisotopic (exact) mass is 663 g/mol. The average Bonchev–Trinajstić information content (AvgIpc) is 3.10. The van der Waals surface area contributed by atoms with Crippen LogP contribution in [-0.2, 0) is 0 Å². The molecule has 1 heterocycles. The molecule has 1 fully saturated rings. The number of rotatable bonds is 11. The molecule has 1 aromatic heterocycles. The molecular weight excluding hydrogens is 629 g/mol. The quantitative estimate of drug-likeness (QED) is 0.136. The third-order valence-corrected chi connectivity index (χ3v) is 8.54. The minimum atomic E-state index is -0.632. The van der Waals surface area contributed by atoms with Crippen LogP contribution >= 0.6 is 11.8 Å². The summed E-state index contributed by atoms with van der Waals surface area (Å²) in [5.74, 6) is 1.40. The summed E-state index contributed by atoms with van der Waals surface area (Å²) in [6, 6.07) is 32.0. The third-order valence-electron chi connectivity index (χ3n) is 7.82. The van der Waals surface area contributed by atoms with Crippen molar-refractivity contribution in [3.8, 4) is 34.6 Å². The topological polar surface area (TPSA) is 98.8 Å². The summed E-state index contributed by atoms with van der Waals surface area (Å²) < 4.78 is 32.1. The number of amides is 2. The van der Waals surface area contributed by atoms with Gasteiger partial charge in [0.15, 0.2) is 0 Å². The zero-order valence-corrected chi connectivity index (χ0v) is 27.0. The second-order valence-corrected chi connectivity index (χ2v) is 12.2. The van der Waals surface area contributed by atoms with Gasteiger partial charge in [-0.15, -0.1) is 11.8 Å². The lowest BCUT2D eigenvalue weighted by atomic mass is 9.90. The van der Waals surface area contributed by atoms with E-state index in [2.05, 4.69) is 15.6 Å². The smallest absolute Gasteiger partial charge is 0.257 e. The van der Waals surface area contributed by atoms with Crippen LogP contribution in [0.3, 0.4) is 0 Å². The van der Waals surface area contributed by atoms with Crippen LogP contribution in [-0.4, -0.2) is 35.1 Å². The number of nitrogens with one attached hydrogen (secondary N) is 2. The molecule has 48 heavy (non-hydrogen) atoms. The van der Waals surface area contributed by atoms with Gasteiger partial charge in [0.05, 0.1) is 6.20 Å². The van der Waals surface area contributed by atoms with E-state index in [4.69, 9.17) is 14.2 Å². The van der Waals surface area contributed by atoms with Crippen molar-refractivity contribution in [1.29, 1.82) is 0 Å². The van der Waals surface area contributed by atoms with Gasteiger partial charge in [-0.1, -0.05) is 42.5 Å². The molecule has 244 valence electrons. The van der Waals surface area contributed by atoms with Crippen molar-refractivity contribution in [2.45, 2.75) is 42.7 Å². The molecule has 0 aliphatic heterocycles. The van der Waals surface area contributed by atoms with E-state index in [9.17, 15) is 14.0 Å². The van der Waals surface area contributed by atoms with Gasteiger partial charge in [-0.3, -0.25) is 9.59 Å². The molecule has 10 heteroatoms. The van der Waals surface area contributed by atoms with Crippen molar-refractivity contribution >= 4 is 23.6 Å². The van der Waals surface area contributed by atoms with Crippen molar-refractivity contribution < 1.29 is 28.2 Å². The predicted molar refractivity (Wildman–Crippen MR) is 183 cm³/mol. The molecule has 4 aromatic carbocycles. The van der Waals surface area contributed by atoms with Gasteiger partial charge >= 0.3 is 0 Å². The van der Waals surface area contributed by atoms with Gasteiger partial charge in [0.1, 0.15) is 40.1 Å². The van der Waals surface area contributed by atoms with Gasteiger partial charge in [-0.05, 0) is 92.6 Å². The van der Waals surface area contributed by atoms with Crippen LogP contribution in [0.2, 0.25) is 0 Å². The molecule has 8 nitrogen and oxygen atoms in total. The fraction of sp³-hybridized carbons (Fsp3) is 0.184.